The van der Waals surface area contributed by atoms with Gasteiger partial charge in [0.1, 0.15) is 6.10 Å². The van der Waals surface area contributed by atoms with Gasteiger partial charge in [0, 0.05) is 6.04 Å². The lowest BCUT2D eigenvalue weighted by molar-refractivity contribution is 0.0626. The van der Waals surface area contributed by atoms with E-state index in [-0.39, 0.29) is 12.2 Å². The molecule has 0 radical (unpaired) electrons. The van der Waals surface area contributed by atoms with Crippen LogP contribution in [0.25, 0.3) is 0 Å². The van der Waals surface area contributed by atoms with E-state index in [0.29, 0.717) is 6.04 Å². The predicted molar refractivity (Wildman–Crippen MR) is 72.4 cm³/mol. The number of ether oxygens (including phenoxy) is 1. The average molecular weight is 251 g/mol. The highest BCUT2D eigenvalue weighted by molar-refractivity contribution is 5.67. The molecule has 2 aliphatic carbocycles. The molecule has 0 atom stereocenters. The Morgan fingerprint density at radius 3 is 2.44 bits per heavy atom. The molecule has 0 aromatic rings. The predicted octanol–water partition coefficient (Wildman–Crippen LogP) is 3.79. The van der Waals surface area contributed by atoms with Crippen LogP contribution >= 0.6 is 0 Å². The van der Waals surface area contributed by atoms with Crippen LogP contribution in [-0.4, -0.2) is 18.2 Å². The first-order valence-electron chi connectivity index (χ1n) is 7.36. The minimum atomic E-state index is -0.200. The van der Waals surface area contributed by atoms with Crippen molar-refractivity contribution in [3.63, 3.8) is 0 Å². The molecular formula is C15H25NO2. The highest BCUT2D eigenvalue weighted by Gasteiger charge is 2.24. The molecule has 3 heteroatoms. The van der Waals surface area contributed by atoms with Gasteiger partial charge in [-0.3, -0.25) is 0 Å². The fourth-order valence-corrected chi connectivity index (χ4v) is 3.14. The molecule has 2 fully saturated rings. The highest BCUT2D eigenvalue weighted by atomic mass is 16.6. The molecule has 2 rings (SSSR count). The summed E-state index contributed by atoms with van der Waals surface area (Å²) >= 11 is 0. The number of allylic oxidation sites excluding steroid dienone is 1. The van der Waals surface area contributed by atoms with Gasteiger partial charge in [-0.1, -0.05) is 18.9 Å². The molecule has 2 saturated carbocycles. The molecule has 1 amide bonds. The van der Waals surface area contributed by atoms with E-state index in [2.05, 4.69) is 11.9 Å². The molecule has 0 bridgehead atoms. The van der Waals surface area contributed by atoms with Gasteiger partial charge in [-0.05, 0) is 50.9 Å². The Bertz CT molecular complexity index is 276. The van der Waals surface area contributed by atoms with Crippen molar-refractivity contribution >= 4 is 6.09 Å². The van der Waals surface area contributed by atoms with Gasteiger partial charge in [0.05, 0.1) is 0 Å². The molecular weight excluding hydrogens is 226 g/mol. The first-order valence-corrected chi connectivity index (χ1v) is 7.36. The van der Waals surface area contributed by atoms with Gasteiger partial charge < -0.3 is 10.1 Å². The van der Waals surface area contributed by atoms with Crippen molar-refractivity contribution in [1.82, 2.24) is 5.32 Å². The quantitative estimate of drug-likeness (QED) is 0.772. The van der Waals surface area contributed by atoms with Crippen molar-refractivity contribution in [1.29, 1.82) is 0 Å². The van der Waals surface area contributed by atoms with Crippen LogP contribution in [0.1, 0.15) is 57.8 Å². The van der Waals surface area contributed by atoms with E-state index in [1.165, 1.54) is 12.8 Å². The summed E-state index contributed by atoms with van der Waals surface area (Å²) < 4.78 is 5.50. The number of amides is 1. The van der Waals surface area contributed by atoms with Crippen molar-refractivity contribution < 1.29 is 9.53 Å². The molecule has 18 heavy (non-hydrogen) atoms. The lowest BCUT2D eigenvalue weighted by Gasteiger charge is -2.28. The van der Waals surface area contributed by atoms with E-state index in [1.54, 1.807) is 0 Å². The van der Waals surface area contributed by atoms with E-state index in [0.717, 1.165) is 50.9 Å². The van der Waals surface area contributed by atoms with Crippen molar-refractivity contribution in [2.45, 2.75) is 69.9 Å². The molecule has 0 spiro atoms. The molecule has 2 aliphatic rings. The average Bonchev–Trinajstić information content (AvgIpc) is 2.84. The molecule has 102 valence electrons. The normalized spacial score (nSPS) is 28.9. The third kappa shape index (κ3) is 4.04. The van der Waals surface area contributed by atoms with Crippen molar-refractivity contribution in [3.05, 3.63) is 12.7 Å². The zero-order chi connectivity index (χ0) is 12.8. The molecule has 3 nitrogen and oxygen atoms in total. The van der Waals surface area contributed by atoms with Crippen LogP contribution in [0.5, 0.6) is 0 Å². The molecule has 0 unspecified atom stereocenters. The summed E-state index contributed by atoms with van der Waals surface area (Å²) in [6.07, 6.45) is 12.1. The largest absolute Gasteiger partial charge is 0.446 e. The standard InChI is InChI=1S/C15H25NO2/c1-2-5-12-8-10-14(11-9-12)18-15(17)16-13-6-3-4-7-13/h2,12-14H,1,3-11H2,(H,16,17). The number of carbonyl (C=O) groups is 1. The fourth-order valence-electron chi connectivity index (χ4n) is 3.14. The van der Waals surface area contributed by atoms with Crippen LogP contribution in [0.15, 0.2) is 12.7 Å². The third-order valence-corrected chi connectivity index (χ3v) is 4.24. The zero-order valence-corrected chi connectivity index (χ0v) is 11.2. The van der Waals surface area contributed by atoms with Gasteiger partial charge in [-0.15, -0.1) is 6.58 Å². The lowest BCUT2D eigenvalue weighted by Crippen LogP contribution is -2.36. The molecule has 0 aromatic heterocycles. The van der Waals surface area contributed by atoms with Crippen molar-refractivity contribution in [3.8, 4) is 0 Å². The van der Waals surface area contributed by atoms with Crippen molar-refractivity contribution in [2.75, 3.05) is 0 Å². The summed E-state index contributed by atoms with van der Waals surface area (Å²) in [5.41, 5.74) is 0. The van der Waals surface area contributed by atoms with Gasteiger partial charge in [-0.2, -0.15) is 0 Å². The highest BCUT2D eigenvalue weighted by Crippen LogP contribution is 2.28. The number of carbonyl (C=O) groups excluding carboxylic acids is 1. The van der Waals surface area contributed by atoms with Crippen LogP contribution in [0.3, 0.4) is 0 Å². The lowest BCUT2D eigenvalue weighted by atomic mass is 9.85. The van der Waals surface area contributed by atoms with Crippen LogP contribution in [0.4, 0.5) is 4.79 Å². The second-order valence-electron chi connectivity index (χ2n) is 5.70. The molecule has 0 heterocycles. The number of alkyl carbamates (subject to hydrolysis) is 1. The topological polar surface area (TPSA) is 38.3 Å². The fraction of sp³-hybridized carbons (Fsp3) is 0.800. The Morgan fingerprint density at radius 2 is 1.83 bits per heavy atom. The van der Waals surface area contributed by atoms with Crippen molar-refractivity contribution in [2.24, 2.45) is 5.92 Å². The van der Waals surface area contributed by atoms with Crippen LogP contribution in [0, 0.1) is 5.92 Å². The van der Waals surface area contributed by atoms with Crippen LogP contribution < -0.4 is 5.32 Å². The van der Waals surface area contributed by atoms with Gasteiger partial charge in [-0.25, -0.2) is 4.79 Å². The summed E-state index contributed by atoms with van der Waals surface area (Å²) in [6, 6.07) is 0.356. The summed E-state index contributed by atoms with van der Waals surface area (Å²) in [5.74, 6) is 0.750. The first kappa shape index (κ1) is 13.4. The van der Waals surface area contributed by atoms with E-state index in [4.69, 9.17) is 4.74 Å². The van der Waals surface area contributed by atoms with Gasteiger partial charge in [0.2, 0.25) is 0 Å². The monoisotopic (exact) mass is 251 g/mol. The summed E-state index contributed by atoms with van der Waals surface area (Å²) in [6.45, 7) is 3.78. The maximum atomic E-state index is 11.7. The van der Waals surface area contributed by atoms with E-state index in [9.17, 15) is 4.79 Å². The maximum Gasteiger partial charge on any atom is 0.407 e. The van der Waals surface area contributed by atoms with Gasteiger partial charge >= 0.3 is 6.09 Å². The molecule has 0 saturated heterocycles. The minimum Gasteiger partial charge on any atom is -0.446 e. The number of nitrogens with one attached hydrogen (secondary N) is 1. The van der Waals surface area contributed by atoms with E-state index >= 15 is 0 Å². The van der Waals surface area contributed by atoms with Gasteiger partial charge in [0.25, 0.3) is 0 Å². The van der Waals surface area contributed by atoms with E-state index < -0.39 is 0 Å². The summed E-state index contributed by atoms with van der Waals surface area (Å²) in [7, 11) is 0. The Kier molecular flexibility index (Phi) is 5.09. The second kappa shape index (κ2) is 6.81. The maximum absolute atomic E-state index is 11.7. The Balaban J connectivity index is 1.64. The number of rotatable bonds is 4. The second-order valence-corrected chi connectivity index (χ2v) is 5.70. The summed E-state index contributed by atoms with van der Waals surface area (Å²) in [5, 5.41) is 2.99. The summed E-state index contributed by atoms with van der Waals surface area (Å²) in [4.78, 5) is 11.7. The third-order valence-electron chi connectivity index (χ3n) is 4.24. The van der Waals surface area contributed by atoms with Crippen LogP contribution in [0.2, 0.25) is 0 Å². The number of hydrogen-bond donors (Lipinski definition) is 1. The molecule has 0 aromatic carbocycles. The first-order chi connectivity index (χ1) is 8.78. The van der Waals surface area contributed by atoms with E-state index in [1.807, 2.05) is 6.08 Å². The molecule has 0 aliphatic heterocycles. The van der Waals surface area contributed by atoms with Crippen LogP contribution in [-0.2, 0) is 4.74 Å². The smallest absolute Gasteiger partial charge is 0.407 e. The Hall–Kier alpha value is -0.990. The molecule has 1 N–H and O–H groups in total. The zero-order valence-electron chi connectivity index (χ0n) is 11.2. The SMILES string of the molecule is C=CCC1CCC(OC(=O)NC2CCCC2)CC1. The van der Waals surface area contributed by atoms with Gasteiger partial charge in [0.15, 0.2) is 0 Å². The Morgan fingerprint density at radius 1 is 1.17 bits per heavy atom. The Labute approximate surface area is 110 Å². The minimum absolute atomic E-state index is 0.132. The number of hydrogen-bond acceptors (Lipinski definition) is 2.